The molecule has 0 spiro atoms. The van der Waals surface area contributed by atoms with Crippen molar-refractivity contribution >= 4 is 0 Å². The fraction of sp³-hybridized carbons (Fsp3) is 0.324. The van der Waals surface area contributed by atoms with Gasteiger partial charge in [-0.3, -0.25) is 17.6 Å². The van der Waals surface area contributed by atoms with E-state index < -0.39 is 52.2 Å². The van der Waals surface area contributed by atoms with Crippen molar-refractivity contribution in [2.45, 2.75) is 157 Å². The summed E-state index contributed by atoms with van der Waals surface area (Å²) in [6.45, 7) is 14.5. The number of aryl methyl sites for hydroxylation is 7. The minimum Gasteiger partial charge on any atom is -0.305 e. The van der Waals surface area contributed by atoms with Gasteiger partial charge in [-0.15, -0.1) is 77.4 Å². The Hall–Kier alpha value is -5.40. The molecule has 4 nitrogen and oxygen atoms in total. The van der Waals surface area contributed by atoms with E-state index in [9.17, 15) is 43.9 Å². The van der Waals surface area contributed by atoms with E-state index in [4.69, 9.17) is 0 Å². The fourth-order valence-electron chi connectivity index (χ4n) is 9.76. The van der Waals surface area contributed by atoms with Crippen LogP contribution in [-0.2, 0) is 125 Å². The Bertz CT molecular complexity index is 3680. The van der Waals surface area contributed by atoms with Gasteiger partial charge in [0.05, 0.1) is 23.3 Å². The van der Waals surface area contributed by atoms with Crippen LogP contribution in [0.5, 0.6) is 0 Å². The smallest absolute Gasteiger partial charge is 0.305 e. The number of aromatic nitrogens is 4. The Morgan fingerprint density at radius 2 is 1.10 bits per heavy atom. The van der Waals surface area contributed by atoms with Crippen molar-refractivity contribution in [3.8, 4) is 56.2 Å². The molecule has 0 saturated heterocycles. The van der Waals surface area contributed by atoms with Gasteiger partial charge in [-0.1, -0.05) is 188 Å². The van der Waals surface area contributed by atoms with Gasteiger partial charge in [-0.25, -0.2) is 13.2 Å². The van der Waals surface area contributed by atoms with Crippen LogP contribution in [0.15, 0.2) is 128 Å². The summed E-state index contributed by atoms with van der Waals surface area (Å²) >= 11 is 0. The molecule has 9 aromatic rings. The summed E-state index contributed by atoms with van der Waals surface area (Å²) in [5, 5.41) is 0. The number of nitrogens with zero attached hydrogens (tertiary/aromatic N) is 4. The van der Waals surface area contributed by atoms with Crippen molar-refractivity contribution in [3.05, 3.63) is 237 Å². The molecular formula is C74H74F10Ir4N4-4. The second-order valence-corrected chi connectivity index (χ2v) is 21.3. The number of rotatable bonds is 21. The first kappa shape index (κ1) is 82.7. The Balaban J connectivity index is 0.000000414. The van der Waals surface area contributed by atoms with Crippen LogP contribution >= 0.6 is 0 Å². The summed E-state index contributed by atoms with van der Waals surface area (Å²) in [6.07, 6.45) is 18.9. The van der Waals surface area contributed by atoms with Crippen molar-refractivity contribution in [1.82, 2.24) is 19.9 Å². The number of pyridine rings is 4. The number of benzene rings is 5. The van der Waals surface area contributed by atoms with Crippen molar-refractivity contribution in [3.63, 3.8) is 0 Å². The summed E-state index contributed by atoms with van der Waals surface area (Å²) < 4.78 is 132. The minimum absolute atomic E-state index is 0. The van der Waals surface area contributed by atoms with Crippen LogP contribution in [0.4, 0.5) is 43.9 Å². The standard InChI is InChI=1S/C23H23FN.C18H18F4N.C17H17F3N.C16H16F2N.4Ir/c1-3-4-6-11-19-16-25-23(20-13-12-17(2)14-22(20)24)15-21(19)18-9-7-5-8-10-18;1-2-3-4-5-6-7-12-8-9-23-15(10-12)13-11-14(19)17(21)18(22)16(13)20;1-3-6-13-10-16(21-11-12(13)4-2)14-7-5-8-15(9-14)17(18,19)20;1-3-5-12-8-11(4-2)10-19-16(12)13-6-7-14(17)15(18)9-13;;;;/h5,7-10,12,14-16H,3-4,6,11H2,1-2H3;8-10H,2-7H2,1H3;5,8-11H,3-4,6H2,1-2H3;7-10H,3-5H2,1-2H3;;;;/q4*-1;;;;. The van der Waals surface area contributed by atoms with Crippen LogP contribution in [0.1, 0.15) is 150 Å². The van der Waals surface area contributed by atoms with Crippen molar-refractivity contribution in [2.75, 3.05) is 0 Å². The van der Waals surface area contributed by atoms with Crippen LogP contribution in [-0.4, -0.2) is 19.9 Å². The van der Waals surface area contributed by atoms with Gasteiger partial charge in [0.25, 0.3) is 0 Å². The molecule has 0 aliphatic rings. The number of alkyl halides is 3. The van der Waals surface area contributed by atoms with Gasteiger partial charge >= 0.3 is 6.18 Å². The summed E-state index contributed by atoms with van der Waals surface area (Å²) in [4.78, 5) is 17.1. The monoisotopic (exact) mass is 1980 g/mol. The maximum absolute atomic E-state index is 14.3. The maximum atomic E-state index is 14.3. The van der Waals surface area contributed by atoms with Gasteiger partial charge in [-0.2, -0.15) is 13.2 Å². The van der Waals surface area contributed by atoms with E-state index in [0.717, 1.165) is 152 Å². The zero-order valence-corrected chi connectivity index (χ0v) is 61.9. The molecule has 0 amide bonds. The van der Waals surface area contributed by atoms with E-state index in [0.29, 0.717) is 33.8 Å². The van der Waals surface area contributed by atoms with E-state index in [1.54, 1.807) is 30.6 Å². The van der Waals surface area contributed by atoms with Crippen LogP contribution in [0, 0.1) is 71.9 Å². The molecule has 0 bridgehead atoms. The summed E-state index contributed by atoms with van der Waals surface area (Å²) in [5.41, 5.74) is 11.8. The van der Waals surface area contributed by atoms with Crippen molar-refractivity contribution in [1.29, 1.82) is 0 Å². The molecule has 0 fully saturated rings. The summed E-state index contributed by atoms with van der Waals surface area (Å²) in [7, 11) is 0. The van der Waals surface area contributed by atoms with Crippen LogP contribution in [0.2, 0.25) is 0 Å². The first-order valence-corrected chi connectivity index (χ1v) is 30.2. The number of halogens is 10. The van der Waals surface area contributed by atoms with Gasteiger partial charge in [0.2, 0.25) is 0 Å². The van der Waals surface area contributed by atoms with Gasteiger partial charge in [0.1, 0.15) is 11.6 Å². The van der Waals surface area contributed by atoms with Crippen LogP contribution in [0.3, 0.4) is 0 Å². The van der Waals surface area contributed by atoms with Crippen molar-refractivity contribution < 1.29 is 124 Å². The quantitative estimate of drug-likeness (QED) is 0.0237. The molecule has 0 atom stereocenters. The first-order chi connectivity index (χ1) is 42.3. The van der Waals surface area contributed by atoms with Crippen LogP contribution < -0.4 is 0 Å². The van der Waals surface area contributed by atoms with Gasteiger partial charge in [-0.05, 0) is 114 Å². The largest absolute Gasteiger partial charge is 0.399 e. The molecule has 9 rings (SSSR count). The van der Waals surface area contributed by atoms with Gasteiger partial charge in [0, 0.05) is 111 Å². The zero-order valence-electron chi connectivity index (χ0n) is 52.3. The second-order valence-electron chi connectivity index (χ2n) is 21.3. The first-order valence-electron chi connectivity index (χ1n) is 30.2. The van der Waals surface area contributed by atoms with E-state index in [1.807, 2.05) is 56.4 Å². The third kappa shape index (κ3) is 24.4. The Morgan fingerprint density at radius 1 is 0.446 bits per heavy atom. The molecule has 500 valence electrons. The average molecular weight is 1980 g/mol. The average Bonchev–Trinajstić information content (AvgIpc) is 0.909. The van der Waals surface area contributed by atoms with Gasteiger partial charge < -0.3 is 19.9 Å². The van der Waals surface area contributed by atoms with E-state index >= 15 is 0 Å². The maximum Gasteiger partial charge on any atom is 0.399 e. The molecule has 4 radical (unpaired) electrons. The molecule has 0 aliphatic carbocycles. The third-order valence-electron chi connectivity index (χ3n) is 14.5. The molecule has 0 aliphatic heterocycles. The third-order valence-corrected chi connectivity index (χ3v) is 14.5. The number of hydrogen-bond acceptors (Lipinski definition) is 4. The Kier molecular flexibility index (Phi) is 37.9. The SMILES string of the molecule is CCCCCCCc1ccnc(-c2[c-]c(F)c(F)c(F)c2F)c1.CCCCCc1cnc(-c2[c-]cc(C)cc2F)cc1-c1ccccc1.CCCc1cc(-c2[c-]ccc(C(F)(F)F)c2)ncc1CC.CCCc1cc(CC)cnc1-c1[c-]cc(F)c(F)c1.[Ir].[Ir].[Ir].[Ir]. The van der Waals surface area contributed by atoms with E-state index in [2.05, 4.69) is 91.0 Å². The predicted octanol–water partition coefficient (Wildman–Crippen LogP) is 21.4. The summed E-state index contributed by atoms with van der Waals surface area (Å²) in [6, 6.07) is 39.0. The van der Waals surface area contributed by atoms with E-state index in [1.165, 1.54) is 43.2 Å². The Morgan fingerprint density at radius 3 is 1.75 bits per heavy atom. The Labute approximate surface area is 590 Å². The molecule has 4 aromatic heterocycles. The van der Waals surface area contributed by atoms with Crippen LogP contribution in [0.25, 0.3) is 56.2 Å². The van der Waals surface area contributed by atoms with Gasteiger partial charge in [0.15, 0.2) is 0 Å². The predicted molar refractivity (Wildman–Crippen MR) is 331 cm³/mol. The molecule has 5 aromatic carbocycles. The molecular weight excluding hydrogens is 1900 g/mol. The normalized spacial score (nSPS) is 10.6. The zero-order chi connectivity index (χ0) is 63.8. The molecule has 18 heteroatoms. The van der Waals surface area contributed by atoms with Crippen molar-refractivity contribution in [2.24, 2.45) is 0 Å². The fourth-order valence-corrected chi connectivity index (χ4v) is 9.76. The second kappa shape index (κ2) is 42.1. The summed E-state index contributed by atoms with van der Waals surface area (Å²) in [5.74, 6) is -8.75. The molecule has 0 unspecified atom stereocenters. The number of unbranched alkanes of at least 4 members (excludes halogenated alkanes) is 6. The molecule has 92 heavy (non-hydrogen) atoms. The molecule has 0 N–H and O–H groups in total. The molecule has 4 heterocycles. The topological polar surface area (TPSA) is 51.6 Å². The minimum atomic E-state index is -4.35. The van der Waals surface area contributed by atoms with E-state index in [-0.39, 0.29) is 91.9 Å². The number of hydrogen-bond donors (Lipinski definition) is 0. The molecule has 0 saturated carbocycles.